The maximum absolute atomic E-state index is 12.9. The minimum Gasteiger partial charge on any atom is -0.356 e. The van der Waals surface area contributed by atoms with E-state index in [-0.39, 0.29) is 31.5 Å². The van der Waals surface area contributed by atoms with Gasteiger partial charge in [-0.2, -0.15) is 18.3 Å². The van der Waals surface area contributed by atoms with E-state index in [9.17, 15) is 18.0 Å². The van der Waals surface area contributed by atoms with Crippen molar-refractivity contribution in [1.82, 2.24) is 19.6 Å². The van der Waals surface area contributed by atoms with Crippen molar-refractivity contribution in [2.45, 2.75) is 19.0 Å². The highest BCUT2D eigenvalue weighted by Gasteiger charge is 2.41. The Bertz CT molecular complexity index is 980. The first kappa shape index (κ1) is 18.2. The number of fused-ring (bicyclic) bond motifs is 1. The monoisotopic (exact) mass is 390 g/mol. The zero-order chi connectivity index (χ0) is 19.7. The quantitative estimate of drug-likeness (QED) is 0.744. The second-order valence-electron chi connectivity index (χ2n) is 6.58. The number of amides is 1. The zero-order valence-electron chi connectivity index (χ0n) is 14.7. The Morgan fingerprint density at radius 2 is 1.96 bits per heavy atom. The molecule has 1 amide bonds. The Kier molecular flexibility index (Phi) is 4.62. The fourth-order valence-corrected chi connectivity index (χ4v) is 3.25. The predicted octanol–water partition coefficient (Wildman–Crippen LogP) is 3.16. The molecule has 7 nitrogen and oxygen atoms in total. The average Bonchev–Trinajstić information content (AvgIpc) is 3.11. The van der Waals surface area contributed by atoms with Crippen molar-refractivity contribution in [3.05, 3.63) is 48.4 Å². The summed E-state index contributed by atoms with van der Waals surface area (Å²) in [4.78, 5) is 22.9. The molecule has 1 aliphatic rings. The molecule has 0 saturated carbocycles. The van der Waals surface area contributed by atoms with Crippen molar-refractivity contribution in [3.63, 3.8) is 0 Å². The Morgan fingerprint density at radius 3 is 2.64 bits per heavy atom. The highest BCUT2D eigenvalue weighted by Crippen LogP contribution is 2.35. The van der Waals surface area contributed by atoms with Gasteiger partial charge in [-0.1, -0.05) is 6.07 Å². The van der Waals surface area contributed by atoms with Gasteiger partial charge in [-0.15, -0.1) is 0 Å². The van der Waals surface area contributed by atoms with E-state index >= 15 is 0 Å². The number of hydrogen-bond acceptors (Lipinski definition) is 5. The number of carbonyl (C=O) groups excluding carboxylic acids is 1. The summed E-state index contributed by atoms with van der Waals surface area (Å²) >= 11 is 0. The number of halogens is 3. The SMILES string of the molecule is O=C(Nc1ccccn1)c1cnn2ccc(N3CCC(C(F)(F)F)CC3)nc12. The van der Waals surface area contributed by atoms with Gasteiger partial charge < -0.3 is 10.2 Å². The fourth-order valence-electron chi connectivity index (χ4n) is 3.25. The summed E-state index contributed by atoms with van der Waals surface area (Å²) in [6, 6.07) is 6.84. The van der Waals surface area contributed by atoms with E-state index in [0.29, 0.717) is 17.3 Å². The van der Waals surface area contributed by atoms with Gasteiger partial charge in [-0.25, -0.2) is 14.5 Å². The van der Waals surface area contributed by atoms with E-state index in [4.69, 9.17) is 0 Å². The summed E-state index contributed by atoms with van der Waals surface area (Å²) in [6.45, 7) is 0.522. The van der Waals surface area contributed by atoms with Gasteiger partial charge in [0.1, 0.15) is 17.2 Å². The molecule has 0 bridgehead atoms. The Labute approximate surface area is 158 Å². The topological polar surface area (TPSA) is 75.4 Å². The van der Waals surface area contributed by atoms with Crippen molar-refractivity contribution in [2.75, 3.05) is 23.3 Å². The molecule has 1 saturated heterocycles. The highest BCUT2D eigenvalue weighted by atomic mass is 19.4. The molecular formula is C18H17F3N6O. The number of aromatic nitrogens is 4. The first-order valence-electron chi connectivity index (χ1n) is 8.80. The molecule has 3 aromatic rings. The van der Waals surface area contributed by atoms with Gasteiger partial charge in [0.15, 0.2) is 5.65 Å². The number of hydrogen-bond donors (Lipinski definition) is 1. The maximum Gasteiger partial charge on any atom is 0.391 e. The number of rotatable bonds is 3. The van der Waals surface area contributed by atoms with E-state index in [0.717, 1.165) is 0 Å². The summed E-state index contributed by atoms with van der Waals surface area (Å²) < 4.78 is 40.0. The van der Waals surface area contributed by atoms with Crippen LogP contribution in [0.25, 0.3) is 5.65 Å². The summed E-state index contributed by atoms with van der Waals surface area (Å²) in [5, 5.41) is 6.79. The van der Waals surface area contributed by atoms with Crippen molar-refractivity contribution in [1.29, 1.82) is 0 Å². The van der Waals surface area contributed by atoms with Crippen LogP contribution < -0.4 is 10.2 Å². The van der Waals surface area contributed by atoms with Crippen molar-refractivity contribution >= 4 is 23.2 Å². The third-order valence-corrected chi connectivity index (χ3v) is 4.79. The lowest BCUT2D eigenvalue weighted by molar-refractivity contribution is -0.179. The van der Waals surface area contributed by atoms with E-state index in [2.05, 4.69) is 20.4 Å². The molecule has 0 unspecified atom stereocenters. The van der Waals surface area contributed by atoms with Crippen molar-refractivity contribution in [2.24, 2.45) is 5.92 Å². The smallest absolute Gasteiger partial charge is 0.356 e. The molecule has 0 radical (unpaired) electrons. The van der Waals surface area contributed by atoms with Gasteiger partial charge >= 0.3 is 6.18 Å². The molecule has 28 heavy (non-hydrogen) atoms. The highest BCUT2D eigenvalue weighted by molar-refractivity contribution is 6.07. The van der Waals surface area contributed by atoms with Gasteiger partial charge in [0.25, 0.3) is 5.91 Å². The zero-order valence-corrected chi connectivity index (χ0v) is 14.7. The van der Waals surface area contributed by atoms with Gasteiger partial charge in [-0.05, 0) is 31.0 Å². The van der Waals surface area contributed by atoms with Crippen LogP contribution in [0.3, 0.4) is 0 Å². The molecule has 0 atom stereocenters. The first-order chi connectivity index (χ1) is 13.4. The van der Waals surface area contributed by atoms with E-state index in [1.165, 1.54) is 10.7 Å². The summed E-state index contributed by atoms with van der Waals surface area (Å²) in [5.41, 5.74) is 0.599. The third kappa shape index (κ3) is 3.62. The molecule has 4 heterocycles. The van der Waals surface area contributed by atoms with Crippen LogP contribution in [0, 0.1) is 5.92 Å². The molecule has 1 aliphatic heterocycles. The number of anilines is 2. The summed E-state index contributed by atoms with van der Waals surface area (Å²) in [7, 11) is 0. The number of nitrogens with one attached hydrogen (secondary N) is 1. The number of alkyl halides is 3. The number of nitrogens with zero attached hydrogens (tertiary/aromatic N) is 5. The van der Waals surface area contributed by atoms with Crippen LogP contribution in [0.5, 0.6) is 0 Å². The van der Waals surface area contributed by atoms with E-state index in [1.54, 1.807) is 41.6 Å². The molecule has 1 N–H and O–H groups in total. The van der Waals surface area contributed by atoms with Crippen molar-refractivity contribution < 1.29 is 18.0 Å². The normalized spacial score (nSPS) is 15.8. The van der Waals surface area contributed by atoms with Crippen LogP contribution in [-0.2, 0) is 0 Å². The van der Waals surface area contributed by atoms with E-state index < -0.39 is 18.0 Å². The first-order valence-corrected chi connectivity index (χ1v) is 8.80. The van der Waals surface area contributed by atoms with Crippen molar-refractivity contribution in [3.8, 4) is 0 Å². The summed E-state index contributed by atoms with van der Waals surface area (Å²) in [5.74, 6) is -0.756. The largest absolute Gasteiger partial charge is 0.391 e. The molecule has 1 fully saturated rings. The fraction of sp³-hybridized carbons (Fsp3) is 0.333. The van der Waals surface area contributed by atoms with Gasteiger partial charge in [0, 0.05) is 25.5 Å². The lowest BCUT2D eigenvalue weighted by Gasteiger charge is -2.33. The van der Waals surface area contributed by atoms with Gasteiger partial charge in [-0.3, -0.25) is 4.79 Å². The molecule has 0 aromatic carbocycles. The Morgan fingerprint density at radius 1 is 1.18 bits per heavy atom. The standard InChI is InChI=1S/C18H17F3N6O/c19-18(20,21)12-4-8-26(9-5-12)15-6-10-27-16(25-15)13(11-23-27)17(28)24-14-3-1-2-7-22-14/h1-3,6-7,10-12H,4-5,8-9H2,(H,22,24,28). The van der Waals surface area contributed by atoms with Gasteiger partial charge in [0.2, 0.25) is 0 Å². The van der Waals surface area contributed by atoms with Gasteiger partial charge in [0.05, 0.1) is 12.1 Å². The van der Waals surface area contributed by atoms with E-state index in [1.807, 2.05) is 0 Å². The number of carbonyl (C=O) groups is 1. The van der Waals surface area contributed by atoms with Crippen LogP contribution in [0.2, 0.25) is 0 Å². The summed E-state index contributed by atoms with van der Waals surface area (Å²) in [6.07, 6.45) is 0.509. The lowest BCUT2D eigenvalue weighted by atomic mass is 9.96. The van der Waals surface area contributed by atoms with Crippen LogP contribution in [-0.4, -0.2) is 44.8 Å². The average molecular weight is 390 g/mol. The molecule has 146 valence electrons. The van der Waals surface area contributed by atoms with Crippen LogP contribution in [0.4, 0.5) is 24.8 Å². The minimum atomic E-state index is -4.16. The van der Waals surface area contributed by atoms with Crippen LogP contribution in [0.1, 0.15) is 23.2 Å². The molecule has 4 rings (SSSR count). The molecule has 10 heteroatoms. The van der Waals surface area contributed by atoms with Crippen LogP contribution >= 0.6 is 0 Å². The van der Waals surface area contributed by atoms with Crippen LogP contribution in [0.15, 0.2) is 42.9 Å². The third-order valence-electron chi connectivity index (χ3n) is 4.79. The Hall–Kier alpha value is -3.17. The second-order valence-corrected chi connectivity index (χ2v) is 6.58. The lowest BCUT2D eigenvalue weighted by Crippen LogP contribution is -2.39. The minimum absolute atomic E-state index is 0.0304. The second kappa shape index (κ2) is 7.10. The predicted molar refractivity (Wildman–Crippen MR) is 96.2 cm³/mol. The maximum atomic E-state index is 12.9. The number of pyridine rings is 1. The molecular weight excluding hydrogens is 373 g/mol. The molecule has 0 spiro atoms. The Balaban J connectivity index is 1.54. The molecule has 0 aliphatic carbocycles. The number of piperidine rings is 1. The molecule has 3 aromatic heterocycles.